The van der Waals surface area contributed by atoms with Gasteiger partial charge in [0.15, 0.2) is 0 Å². The highest BCUT2D eigenvalue weighted by Crippen LogP contribution is 2.33. The molecule has 2 heterocycles. The van der Waals surface area contributed by atoms with E-state index in [0.29, 0.717) is 18.1 Å². The van der Waals surface area contributed by atoms with E-state index in [2.05, 4.69) is 10.6 Å². The van der Waals surface area contributed by atoms with Crippen LogP contribution in [-0.2, 0) is 0 Å². The lowest BCUT2D eigenvalue weighted by molar-refractivity contribution is -0.384. The Morgan fingerprint density at radius 3 is 2.60 bits per heavy atom. The molecular weight excluding hydrogens is 278 g/mol. The van der Waals surface area contributed by atoms with Crippen molar-refractivity contribution >= 4 is 23.0 Å². The molecule has 0 spiro atoms. The van der Waals surface area contributed by atoms with Crippen LogP contribution < -0.4 is 10.6 Å². The Hall–Kier alpha value is -1.33. The molecule has 5 nitrogen and oxygen atoms in total. The van der Waals surface area contributed by atoms with Gasteiger partial charge in [-0.2, -0.15) is 0 Å². The number of rotatable bonds is 3. The maximum Gasteiger partial charge on any atom is 0.288 e. The number of nitrogens with zero attached hydrogens (tertiary/aromatic N) is 1. The van der Waals surface area contributed by atoms with Crippen LogP contribution >= 0.6 is 11.6 Å². The molecule has 2 fully saturated rings. The van der Waals surface area contributed by atoms with E-state index < -0.39 is 4.92 Å². The summed E-state index contributed by atoms with van der Waals surface area (Å²) in [7, 11) is 0. The molecular formula is C14H18ClN3O2. The molecule has 20 heavy (non-hydrogen) atoms. The van der Waals surface area contributed by atoms with Crippen LogP contribution in [-0.4, -0.2) is 23.0 Å². The van der Waals surface area contributed by atoms with Crippen LogP contribution in [0, 0.1) is 17.0 Å². The summed E-state index contributed by atoms with van der Waals surface area (Å²) in [5, 5.41) is 18.2. The number of halogens is 1. The van der Waals surface area contributed by atoms with Crippen LogP contribution in [0.3, 0.4) is 0 Å². The van der Waals surface area contributed by atoms with E-state index in [0.717, 1.165) is 24.1 Å². The topological polar surface area (TPSA) is 67.2 Å². The quantitative estimate of drug-likeness (QED) is 0.663. The van der Waals surface area contributed by atoms with Crippen LogP contribution in [0.1, 0.15) is 31.2 Å². The molecule has 2 saturated heterocycles. The minimum absolute atomic E-state index is 0.0277. The van der Waals surface area contributed by atoms with Gasteiger partial charge in [-0.3, -0.25) is 10.1 Å². The lowest BCUT2D eigenvalue weighted by Crippen LogP contribution is -2.43. The summed E-state index contributed by atoms with van der Waals surface area (Å²) in [6, 6.07) is 4.87. The Labute approximate surface area is 122 Å². The molecule has 0 radical (unpaired) electrons. The number of nitro benzene ring substituents is 1. The molecule has 2 aliphatic heterocycles. The number of hydrogen-bond donors (Lipinski definition) is 2. The second kappa shape index (κ2) is 5.22. The minimum Gasteiger partial charge on any atom is -0.382 e. The van der Waals surface area contributed by atoms with Crippen molar-refractivity contribution in [1.29, 1.82) is 0 Å². The van der Waals surface area contributed by atoms with Crippen molar-refractivity contribution in [3.8, 4) is 0 Å². The van der Waals surface area contributed by atoms with Gasteiger partial charge in [-0.1, -0.05) is 11.6 Å². The van der Waals surface area contributed by atoms with E-state index in [4.69, 9.17) is 11.6 Å². The first-order valence-electron chi connectivity index (χ1n) is 7.00. The summed E-state index contributed by atoms with van der Waals surface area (Å²) < 4.78 is 0. The number of anilines is 1. The highest BCUT2D eigenvalue weighted by atomic mass is 35.5. The number of benzene rings is 1. The van der Waals surface area contributed by atoms with Crippen molar-refractivity contribution in [3.63, 3.8) is 0 Å². The van der Waals surface area contributed by atoms with Gasteiger partial charge >= 0.3 is 0 Å². The first-order chi connectivity index (χ1) is 9.52. The van der Waals surface area contributed by atoms with E-state index in [9.17, 15) is 10.1 Å². The zero-order chi connectivity index (χ0) is 14.3. The second-order valence-corrected chi connectivity index (χ2v) is 6.23. The zero-order valence-electron chi connectivity index (χ0n) is 11.4. The first kappa shape index (κ1) is 13.6. The van der Waals surface area contributed by atoms with E-state index in [1.54, 1.807) is 12.1 Å². The molecule has 1 aromatic rings. The van der Waals surface area contributed by atoms with Crippen molar-refractivity contribution in [3.05, 3.63) is 32.8 Å². The molecule has 2 bridgehead atoms. The third kappa shape index (κ3) is 2.60. The number of hydrogen-bond acceptors (Lipinski definition) is 4. The Morgan fingerprint density at radius 2 is 2.00 bits per heavy atom. The van der Waals surface area contributed by atoms with Crippen LogP contribution in [0.4, 0.5) is 11.4 Å². The normalized spacial score (nSPS) is 28.4. The van der Waals surface area contributed by atoms with Gasteiger partial charge < -0.3 is 10.6 Å². The zero-order valence-corrected chi connectivity index (χ0v) is 12.1. The fraction of sp³-hybridized carbons (Fsp3) is 0.571. The summed E-state index contributed by atoms with van der Waals surface area (Å²) in [5.74, 6) is 0. The third-order valence-corrected chi connectivity index (χ3v) is 4.63. The molecule has 0 amide bonds. The summed E-state index contributed by atoms with van der Waals surface area (Å²) in [5.41, 5.74) is 1.75. The molecule has 108 valence electrons. The van der Waals surface area contributed by atoms with E-state index >= 15 is 0 Å². The average molecular weight is 296 g/mol. The van der Waals surface area contributed by atoms with Crippen LogP contribution in [0.2, 0.25) is 5.02 Å². The summed E-state index contributed by atoms with van der Waals surface area (Å²) in [4.78, 5) is 10.4. The molecule has 2 atom stereocenters. The summed E-state index contributed by atoms with van der Waals surface area (Å²) in [6.07, 6.45) is 4.71. The highest BCUT2D eigenvalue weighted by molar-refractivity contribution is 6.33. The van der Waals surface area contributed by atoms with Gasteiger partial charge in [0, 0.05) is 29.9 Å². The molecule has 6 heteroatoms. The van der Waals surface area contributed by atoms with Crippen molar-refractivity contribution in [2.45, 2.75) is 50.7 Å². The van der Waals surface area contributed by atoms with Gasteiger partial charge in [0.25, 0.3) is 5.69 Å². The van der Waals surface area contributed by atoms with Gasteiger partial charge in [0.05, 0.1) is 4.92 Å². The van der Waals surface area contributed by atoms with Crippen molar-refractivity contribution in [2.24, 2.45) is 0 Å². The molecule has 2 N–H and O–H groups in total. The van der Waals surface area contributed by atoms with E-state index in [1.165, 1.54) is 12.8 Å². The first-order valence-corrected chi connectivity index (χ1v) is 7.38. The maximum atomic E-state index is 10.9. The summed E-state index contributed by atoms with van der Waals surface area (Å²) in [6.45, 7) is 1.88. The van der Waals surface area contributed by atoms with Gasteiger partial charge in [0.1, 0.15) is 5.02 Å². The molecule has 1 aromatic carbocycles. The van der Waals surface area contributed by atoms with Crippen molar-refractivity contribution < 1.29 is 4.92 Å². The Kier molecular flexibility index (Phi) is 3.56. The van der Waals surface area contributed by atoms with Gasteiger partial charge in [-0.15, -0.1) is 0 Å². The fourth-order valence-corrected chi connectivity index (χ4v) is 3.59. The monoisotopic (exact) mass is 295 g/mol. The standard InChI is InChI=1S/C14H18ClN3O2/c1-8-4-14(18(19)20)12(15)7-13(8)17-11-5-9-2-3-10(6-11)16-9/h4,7,9-11,16-17H,2-3,5-6H2,1H3. The number of nitro groups is 1. The SMILES string of the molecule is Cc1cc([N+](=O)[O-])c(Cl)cc1NC1CC2CCC(C1)N2. The number of aryl methyl sites for hydroxylation is 1. The fourth-order valence-electron chi connectivity index (χ4n) is 3.36. The third-order valence-electron chi connectivity index (χ3n) is 4.32. The second-order valence-electron chi connectivity index (χ2n) is 5.83. The van der Waals surface area contributed by atoms with Crippen molar-refractivity contribution in [2.75, 3.05) is 5.32 Å². The lowest BCUT2D eigenvalue weighted by Gasteiger charge is -2.30. The summed E-state index contributed by atoms with van der Waals surface area (Å²) >= 11 is 5.99. The maximum absolute atomic E-state index is 10.9. The predicted molar refractivity (Wildman–Crippen MR) is 79.4 cm³/mol. The Bertz CT molecular complexity index is 537. The average Bonchev–Trinajstić information content (AvgIpc) is 2.72. The number of nitrogens with one attached hydrogen (secondary N) is 2. The molecule has 0 aliphatic carbocycles. The lowest BCUT2D eigenvalue weighted by atomic mass is 9.99. The number of piperidine rings is 1. The van der Waals surface area contributed by atoms with E-state index in [-0.39, 0.29) is 10.7 Å². The van der Waals surface area contributed by atoms with Gasteiger partial charge in [-0.25, -0.2) is 0 Å². The highest BCUT2D eigenvalue weighted by Gasteiger charge is 2.33. The van der Waals surface area contributed by atoms with Crippen molar-refractivity contribution in [1.82, 2.24) is 5.32 Å². The van der Waals surface area contributed by atoms with Gasteiger partial charge in [-0.05, 0) is 44.2 Å². The predicted octanol–water partition coefficient (Wildman–Crippen LogP) is 3.25. The van der Waals surface area contributed by atoms with Crippen LogP contribution in [0.5, 0.6) is 0 Å². The Morgan fingerprint density at radius 1 is 1.35 bits per heavy atom. The molecule has 2 unspecified atom stereocenters. The molecule has 0 saturated carbocycles. The largest absolute Gasteiger partial charge is 0.382 e. The van der Waals surface area contributed by atoms with Crippen LogP contribution in [0.25, 0.3) is 0 Å². The Balaban J connectivity index is 1.77. The smallest absolute Gasteiger partial charge is 0.288 e. The van der Waals surface area contributed by atoms with Gasteiger partial charge in [0.2, 0.25) is 0 Å². The molecule has 0 aromatic heterocycles. The number of fused-ring (bicyclic) bond motifs is 2. The molecule has 3 rings (SSSR count). The van der Waals surface area contributed by atoms with Crippen LogP contribution in [0.15, 0.2) is 12.1 Å². The minimum atomic E-state index is -0.441. The van der Waals surface area contributed by atoms with E-state index in [1.807, 2.05) is 6.92 Å². The molecule has 2 aliphatic rings.